The number of carbonyl (C=O) groups is 1. The van der Waals surface area contributed by atoms with Crippen LogP contribution in [0, 0.1) is 0 Å². The topological polar surface area (TPSA) is 29.5 Å². The summed E-state index contributed by atoms with van der Waals surface area (Å²) in [5, 5.41) is 0. The van der Waals surface area contributed by atoms with E-state index in [2.05, 4.69) is 4.74 Å². The number of amides is 1. The van der Waals surface area contributed by atoms with Crippen LogP contribution in [0.1, 0.15) is 15.9 Å². The van der Waals surface area contributed by atoms with Crippen molar-refractivity contribution in [2.24, 2.45) is 0 Å². The van der Waals surface area contributed by atoms with Crippen molar-refractivity contribution >= 4 is 5.91 Å². The summed E-state index contributed by atoms with van der Waals surface area (Å²) in [7, 11) is 1.63. The minimum absolute atomic E-state index is 0.156. The third-order valence-corrected chi connectivity index (χ3v) is 2.94. The second kappa shape index (κ2) is 6.51. The second-order valence-corrected chi connectivity index (χ2v) is 4.72. The Hall–Kier alpha value is -2.50. The second-order valence-electron chi connectivity index (χ2n) is 4.72. The molecular weight excluding hydrogens is 295 g/mol. The smallest absolute Gasteiger partial charge is 0.406 e. The van der Waals surface area contributed by atoms with Crippen LogP contribution < -0.4 is 4.74 Å². The lowest BCUT2D eigenvalue weighted by Gasteiger charge is -2.17. The first-order valence-corrected chi connectivity index (χ1v) is 6.50. The van der Waals surface area contributed by atoms with Crippen LogP contribution in [0.5, 0.6) is 5.75 Å². The Bertz CT molecular complexity index is 624. The van der Waals surface area contributed by atoms with Crippen molar-refractivity contribution in [3.8, 4) is 5.75 Å². The van der Waals surface area contributed by atoms with Crippen LogP contribution >= 0.6 is 0 Å². The molecule has 0 aliphatic carbocycles. The molecular formula is C16H14F3NO2. The Morgan fingerprint density at radius 1 is 1.05 bits per heavy atom. The summed E-state index contributed by atoms with van der Waals surface area (Å²) in [4.78, 5) is 13.7. The normalized spacial score (nSPS) is 11.1. The highest BCUT2D eigenvalue weighted by atomic mass is 19.4. The average molecular weight is 309 g/mol. The molecule has 0 aliphatic heterocycles. The molecule has 3 nitrogen and oxygen atoms in total. The molecule has 2 aromatic carbocycles. The number of rotatable bonds is 4. The number of hydrogen-bond acceptors (Lipinski definition) is 2. The number of carbonyl (C=O) groups excluding carboxylic acids is 1. The summed E-state index contributed by atoms with van der Waals surface area (Å²) in [5.74, 6) is -0.440. The highest BCUT2D eigenvalue weighted by Gasteiger charge is 2.30. The SMILES string of the molecule is CN(Cc1ccc(OC(F)(F)F)cc1)C(=O)c1ccccc1. The van der Waals surface area contributed by atoms with Crippen LogP contribution in [0.3, 0.4) is 0 Å². The highest BCUT2D eigenvalue weighted by Crippen LogP contribution is 2.23. The van der Waals surface area contributed by atoms with Crippen LogP contribution in [0.2, 0.25) is 0 Å². The monoisotopic (exact) mass is 309 g/mol. The summed E-state index contributed by atoms with van der Waals surface area (Å²) in [5.41, 5.74) is 1.27. The highest BCUT2D eigenvalue weighted by molar-refractivity contribution is 5.93. The van der Waals surface area contributed by atoms with Crippen LogP contribution in [0.4, 0.5) is 13.2 Å². The van der Waals surface area contributed by atoms with Gasteiger partial charge in [0.1, 0.15) is 5.75 Å². The van der Waals surface area contributed by atoms with Crippen molar-refractivity contribution in [2.45, 2.75) is 12.9 Å². The molecule has 2 rings (SSSR count). The van der Waals surface area contributed by atoms with E-state index in [9.17, 15) is 18.0 Å². The van der Waals surface area contributed by atoms with Crippen molar-refractivity contribution in [3.63, 3.8) is 0 Å². The zero-order chi connectivity index (χ0) is 16.2. The molecule has 0 aromatic heterocycles. The summed E-state index contributed by atoms with van der Waals surface area (Å²) in [6.07, 6.45) is -4.71. The van der Waals surface area contributed by atoms with Gasteiger partial charge in [-0.2, -0.15) is 0 Å². The number of ether oxygens (including phenoxy) is 1. The van der Waals surface area contributed by atoms with Crippen molar-refractivity contribution in [1.82, 2.24) is 4.90 Å². The molecule has 0 N–H and O–H groups in total. The Labute approximate surface area is 125 Å². The largest absolute Gasteiger partial charge is 0.573 e. The van der Waals surface area contributed by atoms with Gasteiger partial charge in [-0.25, -0.2) is 0 Å². The van der Waals surface area contributed by atoms with E-state index in [1.54, 1.807) is 31.3 Å². The van der Waals surface area contributed by atoms with Gasteiger partial charge in [-0.1, -0.05) is 30.3 Å². The third-order valence-electron chi connectivity index (χ3n) is 2.94. The molecule has 0 aliphatic rings. The number of benzene rings is 2. The predicted molar refractivity (Wildman–Crippen MR) is 75.4 cm³/mol. The van der Waals surface area contributed by atoms with Crippen molar-refractivity contribution < 1.29 is 22.7 Å². The van der Waals surface area contributed by atoms with Crippen molar-refractivity contribution in [2.75, 3.05) is 7.05 Å². The molecule has 22 heavy (non-hydrogen) atoms. The van der Waals surface area contributed by atoms with Gasteiger partial charge in [0.05, 0.1) is 0 Å². The van der Waals surface area contributed by atoms with E-state index in [1.807, 2.05) is 6.07 Å². The summed E-state index contributed by atoms with van der Waals surface area (Å²) >= 11 is 0. The van der Waals surface area contributed by atoms with Crippen LogP contribution in [-0.2, 0) is 6.54 Å². The maximum atomic E-state index is 12.2. The van der Waals surface area contributed by atoms with Gasteiger partial charge in [-0.3, -0.25) is 4.79 Å². The zero-order valence-corrected chi connectivity index (χ0v) is 11.8. The number of halogens is 3. The molecule has 1 amide bonds. The molecule has 0 atom stereocenters. The fourth-order valence-electron chi connectivity index (χ4n) is 1.94. The van der Waals surface area contributed by atoms with Crippen molar-refractivity contribution in [1.29, 1.82) is 0 Å². The van der Waals surface area contributed by atoms with E-state index < -0.39 is 6.36 Å². The fraction of sp³-hybridized carbons (Fsp3) is 0.188. The molecule has 6 heteroatoms. The van der Waals surface area contributed by atoms with Crippen molar-refractivity contribution in [3.05, 3.63) is 65.7 Å². The van der Waals surface area contributed by atoms with Gasteiger partial charge in [-0.15, -0.1) is 13.2 Å². The first-order chi connectivity index (χ1) is 10.3. The Morgan fingerprint density at radius 3 is 2.18 bits per heavy atom. The van der Waals surface area contributed by atoms with E-state index in [0.717, 1.165) is 0 Å². The van der Waals surface area contributed by atoms with Gasteiger partial charge in [0.25, 0.3) is 5.91 Å². The lowest BCUT2D eigenvalue weighted by molar-refractivity contribution is -0.274. The summed E-state index contributed by atoms with van der Waals surface area (Å²) in [6, 6.07) is 14.2. The third kappa shape index (κ3) is 4.51. The number of alkyl halides is 3. The number of nitrogens with zero attached hydrogens (tertiary/aromatic N) is 1. The van der Waals surface area contributed by atoms with E-state index >= 15 is 0 Å². The molecule has 0 saturated carbocycles. The Kier molecular flexibility index (Phi) is 4.70. The molecule has 116 valence electrons. The van der Waals surface area contributed by atoms with E-state index in [-0.39, 0.29) is 11.7 Å². The van der Waals surface area contributed by atoms with Gasteiger partial charge in [0.2, 0.25) is 0 Å². The van der Waals surface area contributed by atoms with E-state index in [4.69, 9.17) is 0 Å². The van der Waals surface area contributed by atoms with Gasteiger partial charge in [0, 0.05) is 19.2 Å². The molecule has 0 heterocycles. The maximum Gasteiger partial charge on any atom is 0.573 e. The molecule has 0 saturated heterocycles. The quantitative estimate of drug-likeness (QED) is 0.858. The van der Waals surface area contributed by atoms with Gasteiger partial charge in [0.15, 0.2) is 0 Å². The zero-order valence-electron chi connectivity index (χ0n) is 11.8. The molecule has 2 aromatic rings. The van der Waals surface area contributed by atoms with Gasteiger partial charge < -0.3 is 9.64 Å². The van der Waals surface area contributed by atoms with Crippen LogP contribution in [0.15, 0.2) is 54.6 Å². The minimum Gasteiger partial charge on any atom is -0.406 e. The number of hydrogen-bond donors (Lipinski definition) is 0. The standard InChI is InChI=1S/C16H14F3NO2/c1-20(15(21)13-5-3-2-4-6-13)11-12-7-9-14(10-8-12)22-16(17,18)19/h2-10H,11H2,1H3. The first kappa shape index (κ1) is 15.9. The predicted octanol–water partition coefficient (Wildman–Crippen LogP) is 3.86. The van der Waals surface area contributed by atoms with Gasteiger partial charge in [-0.05, 0) is 29.8 Å². The van der Waals surface area contributed by atoms with E-state index in [1.165, 1.54) is 29.2 Å². The molecule has 0 spiro atoms. The van der Waals surface area contributed by atoms with Crippen LogP contribution in [-0.4, -0.2) is 24.2 Å². The molecule has 0 unspecified atom stereocenters. The molecule has 0 radical (unpaired) electrons. The molecule has 0 fully saturated rings. The van der Waals surface area contributed by atoms with Gasteiger partial charge >= 0.3 is 6.36 Å². The fourth-order valence-corrected chi connectivity index (χ4v) is 1.94. The lowest BCUT2D eigenvalue weighted by atomic mass is 10.1. The average Bonchev–Trinajstić information content (AvgIpc) is 2.48. The maximum absolute atomic E-state index is 12.2. The lowest BCUT2D eigenvalue weighted by Crippen LogP contribution is -2.26. The summed E-state index contributed by atoms with van der Waals surface area (Å²) < 4.78 is 40.0. The minimum atomic E-state index is -4.71. The molecule has 0 bridgehead atoms. The van der Waals surface area contributed by atoms with E-state index in [0.29, 0.717) is 17.7 Å². The first-order valence-electron chi connectivity index (χ1n) is 6.50. The summed E-state index contributed by atoms with van der Waals surface area (Å²) in [6.45, 7) is 0.292. The Balaban J connectivity index is 2.00. The van der Waals surface area contributed by atoms with Crippen LogP contribution in [0.25, 0.3) is 0 Å². The Morgan fingerprint density at radius 2 is 1.64 bits per heavy atom.